The number of nitrogens with zero attached hydrogens (tertiary/aromatic N) is 1. The molecular weight excluding hydrogens is 297 g/mol. The minimum Gasteiger partial charge on any atom is -0.353 e. The molecule has 2 saturated heterocycles. The fourth-order valence-electron chi connectivity index (χ4n) is 2.82. The van der Waals surface area contributed by atoms with E-state index in [0.717, 1.165) is 32.0 Å². The summed E-state index contributed by atoms with van der Waals surface area (Å²) >= 11 is 0. The summed E-state index contributed by atoms with van der Waals surface area (Å²) in [6.07, 6.45) is 5.98. The predicted molar refractivity (Wildman–Crippen MR) is 88.0 cm³/mol. The van der Waals surface area contributed by atoms with Gasteiger partial charge in [-0.2, -0.15) is 0 Å². The zero-order valence-corrected chi connectivity index (χ0v) is 14.0. The largest absolute Gasteiger partial charge is 0.353 e. The van der Waals surface area contributed by atoms with Gasteiger partial charge in [0.05, 0.1) is 6.04 Å². The quantitative estimate of drug-likeness (QED) is 0.828. The van der Waals surface area contributed by atoms with Gasteiger partial charge in [-0.3, -0.25) is 4.79 Å². The molecule has 2 rings (SSSR count). The number of nitrogens with one attached hydrogen (secondary N) is 2. The lowest BCUT2D eigenvalue weighted by Gasteiger charge is -2.30. The summed E-state index contributed by atoms with van der Waals surface area (Å²) in [4.78, 5) is 14.4. The molecule has 0 aromatic carbocycles. The van der Waals surface area contributed by atoms with Crippen LogP contribution in [-0.4, -0.2) is 49.6 Å². The molecule has 0 aliphatic carbocycles. The molecule has 0 unspecified atom stereocenters. The van der Waals surface area contributed by atoms with Crippen LogP contribution in [0.4, 0.5) is 0 Å². The number of carbonyl (C=O) groups is 1. The van der Waals surface area contributed by atoms with Gasteiger partial charge in [-0.15, -0.1) is 24.8 Å². The van der Waals surface area contributed by atoms with Gasteiger partial charge in [-0.05, 0) is 51.2 Å². The highest BCUT2D eigenvalue weighted by Gasteiger charge is 2.20. The number of carbonyl (C=O) groups excluding carboxylic acids is 1. The molecule has 0 spiro atoms. The van der Waals surface area contributed by atoms with Crippen LogP contribution in [0, 0.1) is 5.92 Å². The van der Waals surface area contributed by atoms with E-state index in [1.54, 1.807) is 0 Å². The minimum absolute atomic E-state index is 0. The molecule has 1 atom stereocenters. The SMILES string of the molecule is CC1CCN(CCNC(=O)[C@H]2CCCCN2)CC1.Cl.Cl. The van der Waals surface area contributed by atoms with Crippen molar-refractivity contribution in [3.05, 3.63) is 0 Å². The molecule has 120 valence electrons. The second-order valence-corrected chi connectivity index (χ2v) is 5.82. The third-order valence-corrected chi connectivity index (χ3v) is 4.23. The van der Waals surface area contributed by atoms with E-state index in [1.807, 2.05) is 0 Å². The molecule has 2 heterocycles. The number of hydrogen-bond donors (Lipinski definition) is 2. The van der Waals surface area contributed by atoms with Gasteiger partial charge in [0.25, 0.3) is 0 Å². The van der Waals surface area contributed by atoms with Gasteiger partial charge in [-0.25, -0.2) is 0 Å². The molecular formula is C14H29Cl2N3O. The zero-order valence-electron chi connectivity index (χ0n) is 12.4. The van der Waals surface area contributed by atoms with Crippen LogP contribution in [0.5, 0.6) is 0 Å². The average Bonchev–Trinajstić information content (AvgIpc) is 2.42. The Morgan fingerprint density at radius 3 is 2.50 bits per heavy atom. The second-order valence-electron chi connectivity index (χ2n) is 5.82. The monoisotopic (exact) mass is 325 g/mol. The number of rotatable bonds is 4. The first-order valence-corrected chi connectivity index (χ1v) is 7.49. The fourth-order valence-corrected chi connectivity index (χ4v) is 2.82. The molecule has 2 aliphatic heterocycles. The molecule has 0 aromatic heterocycles. The summed E-state index contributed by atoms with van der Waals surface area (Å²) in [5.74, 6) is 1.07. The highest BCUT2D eigenvalue weighted by Crippen LogP contribution is 2.15. The van der Waals surface area contributed by atoms with E-state index in [4.69, 9.17) is 0 Å². The maximum atomic E-state index is 11.9. The van der Waals surface area contributed by atoms with Crippen molar-refractivity contribution in [2.24, 2.45) is 5.92 Å². The Kier molecular flexibility index (Phi) is 10.6. The van der Waals surface area contributed by atoms with Gasteiger partial charge in [0.2, 0.25) is 5.91 Å². The topological polar surface area (TPSA) is 44.4 Å². The minimum atomic E-state index is 0. The van der Waals surface area contributed by atoms with E-state index >= 15 is 0 Å². The highest BCUT2D eigenvalue weighted by molar-refractivity contribution is 5.85. The lowest BCUT2D eigenvalue weighted by molar-refractivity contribution is -0.123. The van der Waals surface area contributed by atoms with Crippen molar-refractivity contribution in [2.75, 3.05) is 32.7 Å². The lowest BCUT2D eigenvalue weighted by Crippen LogP contribution is -2.48. The normalized spacial score (nSPS) is 24.4. The Labute approximate surface area is 135 Å². The van der Waals surface area contributed by atoms with Gasteiger partial charge in [0.15, 0.2) is 0 Å². The van der Waals surface area contributed by atoms with Crippen LogP contribution < -0.4 is 10.6 Å². The van der Waals surface area contributed by atoms with E-state index in [0.29, 0.717) is 0 Å². The number of likely N-dealkylation sites (tertiary alicyclic amines) is 1. The molecule has 2 fully saturated rings. The van der Waals surface area contributed by atoms with Crippen LogP contribution >= 0.6 is 24.8 Å². The van der Waals surface area contributed by atoms with Gasteiger partial charge in [0, 0.05) is 13.1 Å². The molecule has 2 N–H and O–H groups in total. The number of halogens is 2. The van der Waals surface area contributed by atoms with Crippen molar-refractivity contribution in [1.29, 1.82) is 0 Å². The molecule has 0 radical (unpaired) electrons. The van der Waals surface area contributed by atoms with Crippen LogP contribution in [-0.2, 0) is 4.79 Å². The van der Waals surface area contributed by atoms with Crippen molar-refractivity contribution in [3.63, 3.8) is 0 Å². The van der Waals surface area contributed by atoms with E-state index in [9.17, 15) is 4.79 Å². The Morgan fingerprint density at radius 1 is 1.20 bits per heavy atom. The van der Waals surface area contributed by atoms with Crippen LogP contribution in [0.3, 0.4) is 0 Å². The van der Waals surface area contributed by atoms with Crippen LogP contribution in [0.15, 0.2) is 0 Å². The van der Waals surface area contributed by atoms with Crippen LogP contribution in [0.2, 0.25) is 0 Å². The summed E-state index contributed by atoms with van der Waals surface area (Å²) in [5, 5.41) is 6.36. The summed E-state index contributed by atoms with van der Waals surface area (Å²) in [6.45, 7) is 7.50. The zero-order chi connectivity index (χ0) is 12.8. The van der Waals surface area contributed by atoms with Crippen molar-refractivity contribution in [1.82, 2.24) is 15.5 Å². The van der Waals surface area contributed by atoms with Crippen molar-refractivity contribution >= 4 is 30.7 Å². The van der Waals surface area contributed by atoms with E-state index in [2.05, 4.69) is 22.5 Å². The van der Waals surface area contributed by atoms with Gasteiger partial charge in [0.1, 0.15) is 0 Å². The Morgan fingerprint density at radius 2 is 1.90 bits per heavy atom. The smallest absolute Gasteiger partial charge is 0.237 e. The van der Waals surface area contributed by atoms with Gasteiger partial charge >= 0.3 is 0 Å². The first-order valence-electron chi connectivity index (χ1n) is 7.49. The summed E-state index contributed by atoms with van der Waals surface area (Å²) < 4.78 is 0. The molecule has 1 amide bonds. The second kappa shape index (κ2) is 10.7. The molecule has 4 nitrogen and oxygen atoms in total. The Bertz CT molecular complexity index is 265. The maximum Gasteiger partial charge on any atom is 0.237 e. The predicted octanol–water partition coefficient (Wildman–Crippen LogP) is 1.82. The van der Waals surface area contributed by atoms with E-state index in [-0.39, 0.29) is 36.8 Å². The number of piperidine rings is 2. The number of amides is 1. The average molecular weight is 326 g/mol. The molecule has 20 heavy (non-hydrogen) atoms. The Balaban J connectivity index is 0.00000180. The Hall–Kier alpha value is -0.0300. The maximum absolute atomic E-state index is 11.9. The molecule has 0 aromatic rings. The van der Waals surface area contributed by atoms with Crippen LogP contribution in [0.1, 0.15) is 39.0 Å². The van der Waals surface area contributed by atoms with Gasteiger partial charge < -0.3 is 15.5 Å². The first kappa shape index (κ1) is 20.0. The molecule has 0 saturated carbocycles. The summed E-state index contributed by atoms with van der Waals surface area (Å²) in [6, 6.07) is 0.0557. The lowest BCUT2D eigenvalue weighted by atomic mass is 9.99. The molecule has 2 aliphatic rings. The molecule has 0 bridgehead atoms. The third kappa shape index (κ3) is 6.61. The summed E-state index contributed by atoms with van der Waals surface area (Å²) in [7, 11) is 0. The third-order valence-electron chi connectivity index (χ3n) is 4.23. The standard InChI is InChI=1S/C14H27N3O.2ClH/c1-12-5-9-17(10-6-12)11-8-16-14(18)13-4-2-3-7-15-13;;/h12-13,15H,2-11H2,1H3,(H,16,18);2*1H/t13-;;/m1../s1. The van der Waals surface area contributed by atoms with Crippen molar-refractivity contribution in [3.8, 4) is 0 Å². The number of hydrogen-bond acceptors (Lipinski definition) is 3. The van der Waals surface area contributed by atoms with E-state index < -0.39 is 0 Å². The molecule has 6 heteroatoms. The van der Waals surface area contributed by atoms with E-state index in [1.165, 1.54) is 38.8 Å². The fraction of sp³-hybridized carbons (Fsp3) is 0.929. The first-order chi connectivity index (χ1) is 8.75. The van der Waals surface area contributed by atoms with Crippen molar-refractivity contribution in [2.45, 2.75) is 45.1 Å². The van der Waals surface area contributed by atoms with Gasteiger partial charge in [-0.1, -0.05) is 13.3 Å². The van der Waals surface area contributed by atoms with Crippen LogP contribution in [0.25, 0.3) is 0 Å². The highest BCUT2D eigenvalue weighted by atomic mass is 35.5. The van der Waals surface area contributed by atoms with Crippen molar-refractivity contribution < 1.29 is 4.79 Å². The summed E-state index contributed by atoms with van der Waals surface area (Å²) in [5.41, 5.74) is 0.